The second-order valence-corrected chi connectivity index (χ2v) is 6.96. The van der Waals surface area contributed by atoms with E-state index >= 15 is 0 Å². The molecule has 3 unspecified atom stereocenters. The summed E-state index contributed by atoms with van der Waals surface area (Å²) in [5.74, 6) is 0.651. The molecule has 1 N–H and O–H groups in total. The lowest BCUT2D eigenvalue weighted by atomic mass is 9.71. The molecule has 19 heavy (non-hydrogen) atoms. The Morgan fingerprint density at radius 1 is 1.58 bits per heavy atom. The van der Waals surface area contributed by atoms with Gasteiger partial charge in [0.1, 0.15) is 6.10 Å². The van der Waals surface area contributed by atoms with Crippen LogP contribution in [0.15, 0.2) is 10.7 Å². The number of aliphatic hydroxyl groups excluding tert-OH is 1. The highest BCUT2D eigenvalue weighted by atomic mass is 79.9. The lowest BCUT2D eigenvalue weighted by molar-refractivity contribution is -0.0490. The van der Waals surface area contributed by atoms with Gasteiger partial charge in [0.2, 0.25) is 0 Å². The van der Waals surface area contributed by atoms with Gasteiger partial charge < -0.3 is 10.0 Å². The summed E-state index contributed by atoms with van der Waals surface area (Å²) >= 11 is 3.51. The third kappa shape index (κ3) is 2.60. The topological polar surface area (TPSA) is 41.3 Å². The van der Waals surface area contributed by atoms with Gasteiger partial charge in [0.05, 0.1) is 21.9 Å². The number of aromatic nitrogens is 2. The molecule has 0 saturated heterocycles. The van der Waals surface area contributed by atoms with Crippen molar-refractivity contribution in [2.24, 2.45) is 13.0 Å². The minimum atomic E-state index is -0.521. The van der Waals surface area contributed by atoms with Crippen LogP contribution in [0.1, 0.15) is 44.4 Å². The van der Waals surface area contributed by atoms with Crippen LogP contribution in [0.4, 0.5) is 0 Å². The molecule has 3 atom stereocenters. The minimum Gasteiger partial charge on any atom is -0.385 e. The van der Waals surface area contributed by atoms with Crippen LogP contribution in [0, 0.1) is 5.92 Å². The predicted molar refractivity (Wildman–Crippen MR) is 79.9 cm³/mol. The zero-order valence-electron chi connectivity index (χ0n) is 12.2. The molecule has 1 saturated carbocycles. The van der Waals surface area contributed by atoms with Gasteiger partial charge in [0.15, 0.2) is 0 Å². The molecule has 0 radical (unpaired) electrons. The average Bonchev–Trinajstić information content (AvgIpc) is 2.67. The van der Waals surface area contributed by atoms with Gasteiger partial charge in [-0.3, -0.25) is 4.68 Å². The first-order valence-electron chi connectivity index (χ1n) is 6.91. The molecule has 1 aromatic rings. The van der Waals surface area contributed by atoms with E-state index in [0.717, 1.165) is 23.0 Å². The Bertz CT molecular complexity index is 426. The van der Waals surface area contributed by atoms with Crippen LogP contribution in [-0.4, -0.2) is 39.4 Å². The van der Waals surface area contributed by atoms with Crippen molar-refractivity contribution < 1.29 is 5.11 Å². The number of hydrogen-bond acceptors (Lipinski definition) is 3. The molecule has 0 amide bonds. The molecule has 0 aromatic carbocycles. The maximum atomic E-state index is 11.0. The van der Waals surface area contributed by atoms with Crippen LogP contribution < -0.4 is 0 Å². The maximum absolute atomic E-state index is 11.0. The van der Waals surface area contributed by atoms with Crippen LogP contribution in [0.5, 0.6) is 0 Å². The van der Waals surface area contributed by atoms with Crippen molar-refractivity contribution in [3.05, 3.63) is 16.4 Å². The number of likely N-dealkylation sites (N-methyl/N-ethyl adjacent to an activating group) is 1. The van der Waals surface area contributed by atoms with Gasteiger partial charge in [-0.25, -0.2) is 0 Å². The zero-order valence-corrected chi connectivity index (χ0v) is 13.8. The van der Waals surface area contributed by atoms with Crippen LogP contribution >= 0.6 is 15.9 Å². The second kappa shape index (κ2) is 5.54. The van der Waals surface area contributed by atoms with Gasteiger partial charge in [0.25, 0.3) is 0 Å². The fourth-order valence-electron chi connectivity index (χ4n) is 3.45. The molecule has 4 nitrogen and oxygen atoms in total. The molecule has 2 rings (SSSR count). The van der Waals surface area contributed by atoms with Crippen molar-refractivity contribution in [3.8, 4) is 0 Å². The highest BCUT2D eigenvalue weighted by Gasteiger charge is 2.45. The van der Waals surface area contributed by atoms with E-state index in [1.54, 1.807) is 10.9 Å². The molecule has 1 aliphatic carbocycles. The fraction of sp³-hybridized carbons (Fsp3) is 0.786. The summed E-state index contributed by atoms with van der Waals surface area (Å²) in [5.41, 5.74) is 0.691. The summed E-state index contributed by atoms with van der Waals surface area (Å²) in [6.45, 7) is 2.28. The first kappa shape index (κ1) is 15.0. The Balaban J connectivity index is 2.39. The van der Waals surface area contributed by atoms with Gasteiger partial charge in [-0.15, -0.1) is 0 Å². The number of aliphatic hydroxyl groups is 1. The van der Waals surface area contributed by atoms with Crippen LogP contribution in [-0.2, 0) is 7.05 Å². The van der Waals surface area contributed by atoms with E-state index in [1.807, 2.05) is 7.05 Å². The number of hydrogen-bond donors (Lipinski definition) is 1. The third-order valence-electron chi connectivity index (χ3n) is 4.60. The summed E-state index contributed by atoms with van der Waals surface area (Å²) < 4.78 is 2.67. The molecule has 0 bridgehead atoms. The maximum Gasteiger partial charge on any atom is 0.115 e. The van der Waals surface area contributed by atoms with Crippen molar-refractivity contribution >= 4 is 15.9 Å². The monoisotopic (exact) mass is 329 g/mol. The van der Waals surface area contributed by atoms with E-state index in [9.17, 15) is 5.11 Å². The summed E-state index contributed by atoms with van der Waals surface area (Å²) in [5, 5.41) is 15.2. The largest absolute Gasteiger partial charge is 0.385 e. The quantitative estimate of drug-likeness (QED) is 0.927. The van der Waals surface area contributed by atoms with Gasteiger partial charge in [0, 0.05) is 7.05 Å². The molecular weight excluding hydrogens is 306 g/mol. The number of halogens is 1. The molecule has 1 fully saturated rings. The summed E-state index contributed by atoms with van der Waals surface area (Å²) in [6.07, 6.45) is 5.73. The Kier molecular flexibility index (Phi) is 4.38. The highest BCUT2D eigenvalue weighted by molar-refractivity contribution is 9.10. The molecule has 0 aliphatic heterocycles. The summed E-state index contributed by atoms with van der Waals surface area (Å²) in [6, 6.07) is 0. The lowest BCUT2D eigenvalue weighted by Gasteiger charge is -2.48. The Hall–Kier alpha value is -0.390. The van der Waals surface area contributed by atoms with Crippen molar-refractivity contribution in [1.82, 2.24) is 14.7 Å². The Morgan fingerprint density at radius 3 is 2.74 bits per heavy atom. The van der Waals surface area contributed by atoms with Crippen LogP contribution in [0.25, 0.3) is 0 Å². The summed E-state index contributed by atoms with van der Waals surface area (Å²) in [7, 11) is 6.04. The summed E-state index contributed by atoms with van der Waals surface area (Å²) in [4.78, 5) is 2.20. The van der Waals surface area contributed by atoms with E-state index in [0.29, 0.717) is 5.92 Å². The SMILES string of the molecule is CC1CCCC(C(O)c2c(Br)cnn2C)(N(C)C)C1. The molecule has 5 heteroatoms. The second-order valence-electron chi connectivity index (χ2n) is 6.10. The van der Waals surface area contributed by atoms with E-state index in [2.05, 4.69) is 46.9 Å². The van der Waals surface area contributed by atoms with Gasteiger partial charge >= 0.3 is 0 Å². The smallest absolute Gasteiger partial charge is 0.115 e. The first-order valence-corrected chi connectivity index (χ1v) is 7.70. The van der Waals surface area contributed by atoms with Gasteiger partial charge in [-0.2, -0.15) is 5.10 Å². The van der Waals surface area contributed by atoms with Crippen LogP contribution in [0.2, 0.25) is 0 Å². The predicted octanol–water partition coefficient (Wildman–Crippen LogP) is 2.73. The van der Waals surface area contributed by atoms with Crippen molar-refractivity contribution in [1.29, 1.82) is 0 Å². The minimum absolute atomic E-state index is 0.187. The average molecular weight is 330 g/mol. The number of aryl methyl sites for hydroxylation is 1. The van der Waals surface area contributed by atoms with E-state index < -0.39 is 6.10 Å². The molecule has 108 valence electrons. The molecular formula is C14H24BrN3O. The Labute approximate surface area is 123 Å². The highest BCUT2D eigenvalue weighted by Crippen LogP contribution is 2.45. The van der Waals surface area contributed by atoms with Gasteiger partial charge in [-0.1, -0.05) is 19.8 Å². The lowest BCUT2D eigenvalue weighted by Crippen LogP contribution is -2.52. The molecule has 1 heterocycles. The normalized spacial score (nSPS) is 29.7. The van der Waals surface area contributed by atoms with Crippen molar-refractivity contribution in [2.75, 3.05) is 14.1 Å². The van der Waals surface area contributed by atoms with E-state index in [4.69, 9.17) is 0 Å². The molecule has 0 spiro atoms. The number of rotatable bonds is 3. The van der Waals surface area contributed by atoms with Crippen molar-refractivity contribution in [2.45, 2.75) is 44.2 Å². The van der Waals surface area contributed by atoms with E-state index in [1.165, 1.54) is 12.8 Å². The zero-order chi connectivity index (χ0) is 14.2. The van der Waals surface area contributed by atoms with Gasteiger partial charge in [-0.05, 0) is 48.8 Å². The number of nitrogens with zero attached hydrogens (tertiary/aromatic N) is 3. The Morgan fingerprint density at radius 2 is 2.26 bits per heavy atom. The van der Waals surface area contributed by atoms with Crippen molar-refractivity contribution in [3.63, 3.8) is 0 Å². The van der Waals surface area contributed by atoms with Crippen LogP contribution in [0.3, 0.4) is 0 Å². The first-order chi connectivity index (χ1) is 8.88. The van der Waals surface area contributed by atoms with E-state index in [-0.39, 0.29) is 5.54 Å². The fourth-order valence-corrected chi connectivity index (χ4v) is 4.01. The standard InChI is InChI=1S/C14H24BrN3O/c1-10-6-5-7-14(8-10,17(2)3)13(19)12-11(15)9-16-18(12)4/h9-10,13,19H,5-8H2,1-4H3. The third-order valence-corrected chi connectivity index (χ3v) is 5.22. The molecule has 1 aliphatic rings. The molecule has 1 aromatic heterocycles.